The number of hydrogen-bond acceptors (Lipinski definition) is 12. The zero-order valence-electron chi connectivity index (χ0n) is 20.9. The third kappa shape index (κ3) is 6.26. The second-order valence-electron chi connectivity index (χ2n) is 9.82. The lowest BCUT2D eigenvalue weighted by atomic mass is 10.1. The molecule has 0 unspecified atom stereocenters. The van der Waals surface area contributed by atoms with Gasteiger partial charge in [-0.05, 0) is 40.5 Å². The molecule has 0 radical (unpaired) electrons. The van der Waals surface area contributed by atoms with Gasteiger partial charge >= 0.3 is 16.4 Å². The van der Waals surface area contributed by atoms with Gasteiger partial charge in [0.1, 0.15) is 41.8 Å². The van der Waals surface area contributed by atoms with Crippen LogP contribution in [0.2, 0.25) is 0 Å². The van der Waals surface area contributed by atoms with Crippen LogP contribution < -0.4 is 16.2 Å². The van der Waals surface area contributed by atoms with E-state index in [0.29, 0.717) is 11.0 Å². The second kappa shape index (κ2) is 9.67. The average molecular weight is 540 g/mol. The molecule has 0 spiro atoms. The van der Waals surface area contributed by atoms with Crippen molar-refractivity contribution >= 4 is 33.2 Å². The molecule has 2 aromatic rings. The normalized spacial score (nSPS) is 24.9. The number of amides is 1. The molecular weight excluding hydrogens is 510 g/mol. The number of anilines is 1. The molecule has 2 aromatic heterocycles. The summed E-state index contributed by atoms with van der Waals surface area (Å²) in [6.45, 7) is 8.28. The standard InChI is InChI=1S/C21H29N7O8S/c1-20(2,3)36-19(29)24-8-6-7-11-13-16(22)25-10-26-17(13)28(27-11)18-15-14(34-21(4,5)35-15)12(33-18)9-32-37(23,30)31/h10,12,14-15,18H,8-9H2,1-5H3,(H,24,29)(H2,22,25,26)(H2,23,30,31)/t12-,14-,15-,18-/m1/s1. The van der Waals surface area contributed by atoms with E-state index >= 15 is 0 Å². The van der Waals surface area contributed by atoms with Gasteiger partial charge in [-0.1, -0.05) is 5.92 Å². The number of aromatic nitrogens is 4. The summed E-state index contributed by atoms with van der Waals surface area (Å²) in [6, 6.07) is 0. The Bertz CT molecular complexity index is 1360. The molecule has 4 heterocycles. The molecule has 37 heavy (non-hydrogen) atoms. The van der Waals surface area contributed by atoms with E-state index in [0.717, 1.165) is 0 Å². The Kier molecular flexibility index (Phi) is 7.05. The number of carbonyl (C=O) groups is 1. The molecule has 2 fully saturated rings. The van der Waals surface area contributed by atoms with Gasteiger partial charge in [-0.15, -0.1) is 0 Å². The second-order valence-corrected chi connectivity index (χ2v) is 11.0. The predicted molar refractivity (Wildman–Crippen MR) is 128 cm³/mol. The largest absolute Gasteiger partial charge is 0.444 e. The first-order valence-electron chi connectivity index (χ1n) is 11.3. The van der Waals surface area contributed by atoms with Crippen molar-refractivity contribution in [3.8, 4) is 11.8 Å². The first kappa shape index (κ1) is 27.0. The lowest BCUT2D eigenvalue weighted by Crippen LogP contribution is -2.34. The van der Waals surface area contributed by atoms with Crippen LogP contribution in [0.25, 0.3) is 11.0 Å². The van der Waals surface area contributed by atoms with Crippen molar-refractivity contribution in [1.29, 1.82) is 0 Å². The number of fused-ring (bicyclic) bond motifs is 2. The molecule has 0 bridgehead atoms. The smallest absolute Gasteiger partial charge is 0.408 e. The van der Waals surface area contributed by atoms with E-state index in [9.17, 15) is 13.2 Å². The maximum atomic E-state index is 11.9. The fourth-order valence-corrected chi connectivity index (χ4v) is 4.29. The van der Waals surface area contributed by atoms with E-state index in [-0.39, 0.29) is 18.1 Å². The molecular formula is C21H29N7O8S. The number of nitrogen functional groups attached to an aromatic ring is 1. The third-order valence-electron chi connectivity index (χ3n) is 5.21. The van der Waals surface area contributed by atoms with Crippen molar-refractivity contribution in [2.75, 3.05) is 18.9 Å². The van der Waals surface area contributed by atoms with Crippen molar-refractivity contribution in [2.45, 2.75) is 70.5 Å². The Morgan fingerprint density at radius 1 is 1.27 bits per heavy atom. The van der Waals surface area contributed by atoms with Crippen LogP contribution in [-0.2, 0) is 33.4 Å². The molecule has 4 atom stereocenters. The zero-order chi connectivity index (χ0) is 27.2. The Morgan fingerprint density at radius 2 is 1.97 bits per heavy atom. The molecule has 2 aliphatic heterocycles. The zero-order valence-corrected chi connectivity index (χ0v) is 21.7. The van der Waals surface area contributed by atoms with Gasteiger partial charge in [0.15, 0.2) is 17.7 Å². The lowest BCUT2D eigenvalue weighted by molar-refractivity contribution is -0.200. The first-order valence-corrected chi connectivity index (χ1v) is 12.7. The molecule has 5 N–H and O–H groups in total. The third-order valence-corrected chi connectivity index (χ3v) is 5.67. The van der Waals surface area contributed by atoms with Gasteiger partial charge in [0.25, 0.3) is 0 Å². The molecule has 202 valence electrons. The fraction of sp³-hybridized carbons (Fsp3) is 0.619. The van der Waals surface area contributed by atoms with Gasteiger partial charge in [-0.3, -0.25) is 4.18 Å². The molecule has 2 aliphatic rings. The van der Waals surface area contributed by atoms with Gasteiger partial charge in [-0.25, -0.2) is 24.6 Å². The van der Waals surface area contributed by atoms with Gasteiger partial charge < -0.3 is 30.0 Å². The summed E-state index contributed by atoms with van der Waals surface area (Å²) in [7, 11) is -4.21. The van der Waals surface area contributed by atoms with Crippen molar-refractivity contribution < 1.29 is 36.3 Å². The molecule has 0 aromatic carbocycles. The number of alkyl carbamates (subject to hydrolysis) is 1. The summed E-state index contributed by atoms with van der Waals surface area (Å²) in [5.74, 6) is 4.81. The molecule has 1 amide bonds. The summed E-state index contributed by atoms with van der Waals surface area (Å²) in [4.78, 5) is 20.2. The monoisotopic (exact) mass is 539 g/mol. The molecule has 15 nitrogen and oxygen atoms in total. The van der Waals surface area contributed by atoms with Gasteiger partial charge in [0.05, 0.1) is 18.5 Å². The van der Waals surface area contributed by atoms with Crippen LogP contribution >= 0.6 is 0 Å². The predicted octanol–water partition coefficient (Wildman–Crippen LogP) is -0.0777. The number of hydrogen-bond donors (Lipinski definition) is 3. The summed E-state index contributed by atoms with van der Waals surface area (Å²) in [6.07, 6.45) is -2.47. The van der Waals surface area contributed by atoms with Crippen LogP contribution in [0.1, 0.15) is 46.5 Å². The molecule has 0 saturated carbocycles. The fourth-order valence-electron chi connectivity index (χ4n) is 3.97. The highest BCUT2D eigenvalue weighted by atomic mass is 32.2. The Labute approximate surface area is 213 Å². The summed E-state index contributed by atoms with van der Waals surface area (Å²) in [5.41, 5.74) is 6.01. The molecule has 16 heteroatoms. The number of carbonyl (C=O) groups excluding carboxylic acids is 1. The Balaban J connectivity index is 1.62. The summed E-state index contributed by atoms with van der Waals surface area (Å²) >= 11 is 0. The van der Waals surface area contributed by atoms with E-state index in [4.69, 9.17) is 34.0 Å². The molecule has 0 aliphatic carbocycles. The van der Waals surface area contributed by atoms with Crippen molar-refractivity contribution in [1.82, 2.24) is 25.1 Å². The van der Waals surface area contributed by atoms with Crippen LogP contribution in [0.4, 0.5) is 10.6 Å². The van der Waals surface area contributed by atoms with Crippen molar-refractivity contribution in [2.24, 2.45) is 5.14 Å². The minimum absolute atomic E-state index is 0.0143. The highest BCUT2D eigenvalue weighted by Crippen LogP contribution is 2.44. The van der Waals surface area contributed by atoms with E-state index in [1.807, 2.05) is 0 Å². The SMILES string of the molecule is CC(C)(C)OC(=O)NCC#Cc1nn([C@@H]2O[C@H](COS(N)(=O)=O)[C@H]3OC(C)(C)O[C@H]32)c2ncnc(N)c12. The van der Waals surface area contributed by atoms with E-state index < -0.39 is 58.9 Å². The molecule has 4 rings (SSSR count). The van der Waals surface area contributed by atoms with Crippen LogP contribution in [0.5, 0.6) is 0 Å². The number of rotatable bonds is 5. The minimum atomic E-state index is -4.21. The number of nitrogens with one attached hydrogen (secondary N) is 1. The highest BCUT2D eigenvalue weighted by Gasteiger charge is 2.57. The number of ether oxygens (including phenoxy) is 4. The lowest BCUT2D eigenvalue weighted by Gasteiger charge is -2.24. The first-order chi connectivity index (χ1) is 17.1. The van der Waals surface area contributed by atoms with Crippen LogP contribution in [-0.4, -0.2) is 77.1 Å². The summed E-state index contributed by atoms with van der Waals surface area (Å²) < 4.78 is 52.1. The maximum Gasteiger partial charge on any atom is 0.408 e. The van der Waals surface area contributed by atoms with Gasteiger partial charge in [0, 0.05) is 0 Å². The van der Waals surface area contributed by atoms with E-state index in [1.165, 1.54) is 11.0 Å². The van der Waals surface area contributed by atoms with E-state index in [1.54, 1.807) is 34.6 Å². The maximum absolute atomic E-state index is 11.9. The van der Waals surface area contributed by atoms with Crippen molar-refractivity contribution in [3.05, 3.63) is 12.0 Å². The van der Waals surface area contributed by atoms with E-state index in [2.05, 4.69) is 32.2 Å². The molecule has 2 saturated heterocycles. The van der Waals surface area contributed by atoms with Crippen molar-refractivity contribution in [3.63, 3.8) is 0 Å². The van der Waals surface area contributed by atoms with Gasteiger partial charge in [0.2, 0.25) is 0 Å². The number of nitrogens with two attached hydrogens (primary N) is 2. The minimum Gasteiger partial charge on any atom is -0.444 e. The Morgan fingerprint density at radius 3 is 2.65 bits per heavy atom. The average Bonchev–Trinajstić information content (AvgIpc) is 3.37. The van der Waals surface area contributed by atoms with Gasteiger partial charge in [-0.2, -0.15) is 13.5 Å². The summed E-state index contributed by atoms with van der Waals surface area (Å²) in [5, 5.41) is 12.4. The number of nitrogens with zero attached hydrogens (tertiary/aromatic N) is 4. The Hall–Kier alpha value is -3.07. The topological polar surface area (TPSA) is 205 Å². The van der Waals surface area contributed by atoms with Crippen LogP contribution in [0.3, 0.4) is 0 Å². The van der Waals surface area contributed by atoms with Crippen LogP contribution in [0, 0.1) is 11.8 Å². The van der Waals surface area contributed by atoms with Crippen LogP contribution in [0.15, 0.2) is 6.33 Å². The highest BCUT2D eigenvalue weighted by molar-refractivity contribution is 7.84. The quantitative estimate of drug-likeness (QED) is 0.427.